The van der Waals surface area contributed by atoms with Crippen LogP contribution < -0.4 is 0 Å². The third-order valence-electron chi connectivity index (χ3n) is 3.81. The molecular formula is C12H24O. The van der Waals surface area contributed by atoms with E-state index in [0.29, 0.717) is 5.92 Å². The Kier molecular flexibility index (Phi) is 3.78. The molecule has 0 bridgehead atoms. The summed E-state index contributed by atoms with van der Waals surface area (Å²) in [5, 5.41) is 10.2. The van der Waals surface area contributed by atoms with Crippen molar-refractivity contribution in [2.75, 3.05) is 0 Å². The van der Waals surface area contributed by atoms with Crippen LogP contribution in [0.15, 0.2) is 0 Å². The first-order valence-electron chi connectivity index (χ1n) is 5.76. The molecule has 0 heterocycles. The standard InChI is InChI=1S/C12H24O/c1-4-12(2,3)11(13)10-8-6-5-7-9-10/h10-11,13H,4-9H2,1-3H3. The van der Waals surface area contributed by atoms with E-state index < -0.39 is 0 Å². The van der Waals surface area contributed by atoms with Gasteiger partial charge in [-0.1, -0.05) is 40.0 Å². The minimum absolute atomic E-state index is 0.0854. The Bertz CT molecular complexity index is 145. The Morgan fingerprint density at radius 1 is 1.23 bits per heavy atom. The maximum absolute atomic E-state index is 10.2. The van der Waals surface area contributed by atoms with Gasteiger partial charge in [-0.3, -0.25) is 0 Å². The third-order valence-corrected chi connectivity index (χ3v) is 3.81. The molecule has 1 nitrogen and oxygen atoms in total. The second-order valence-corrected chi connectivity index (χ2v) is 5.19. The first-order valence-corrected chi connectivity index (χ1v) is 5.76. The van der Waals surface area contributed by atoms with Gasteiger partial charge in [-0.05, 0) is 30.6 Å². The van der Waals surface area contributed by atoms with Crippen LogP contribution in [0.1, 0.15) is 59.3 Å². The fraction of sp³-hybridized carbons (Fsp3) is 1.00. The lowest BCUT2D eigenvalue weighted by molar-refractivity contribution is -0.0136. The van der Waals surface area contributed by atoms with Gasteiger partial charge in [0, 0.05) is 0 Å². The van der Waals surface area contributed by atoms with Crippen molar-refractivity contribution >= 4 is 0 Å². The zero-order valence-electron chi connectivity index (χ0n) is 9.34. The van der Waals surface area contributed by atoms with Crippen LogP contribution in [-0.4, -0.2) is 11.2 Å². The summed E-state index contributed by atoms with van der Waals surface area (Å²) in [6, 6.07) is 0. The van der Waals surface area contributed by atoms with E-state index in [2.05, 4.69) is 20.8 Å². The quantitative estimate of drug-likeness (QED) is 0.713. The molecule has 1 unspecified atom stereocenters. The molecule has 1 heteroatoms. The molecule has 0 amide bonds. The van der Waals surface area contributed by atoms with Crippen LogP contribution in [0.4, 0.5) is 0 Å². The second-order valence-electron chi connectivity index (χ2n) is 5.19. The van der Waals surface area contributed by atoms with E-state index in [-0.39, 0.29) is 11.5 Å². The van der Waals surface area contributed by atoms with Crippen molar-refractivity contribution in [1.82, 2.24) is 0 Å². The summed E-state index contributed by atoms with van der Waals surface area (Å²) in [5.74, 6) is 0.573. The van der Waals surface area contributed by atoms with Crippen LogP contribution in [0.5, 0.6) is 0 Å². The Morgan fingerprint density at radius 3 is 2.23 bits per heavy atom. The number of aliphatic hydroxyl groups excluding tert-OH is 1. The first kappa shape index (κ1) is 11.0. The van der Waals surface area contributed by atoms with Gasteiger partial charge in [0.25, 0.3) is 0 Å². The lowest BCUT2D eigenvalue weighted by atomic mass is 9.73. The Morgan fingerprint density at radius 2 is 1.77 bits per heavy atom. The topological polar surface area (TPSA) is 20.2 Å². The Labute approximate surface area is 82.5 Å². The largest absolute Gasteiger partial charge is 0.392 e. The molecule has 1 aliphatic rings. The maximum Gasteiger partial charge on any atom is 0.0619 e. The molecule has 1 atom stereocenters. The van der Waals surface area contributed by atoms with E-state index in [1.807, 2.05) is 0 Å². The van der Waals surface area contributed by atoms with Crippen molar-refractivity contribution in [1.29, 1.82) is 0 Å². The fourth-order valence-corrected chi connectivity index (χ4v) is 2.30. The lowest BCUT2D eigenvalue weighted by Gasteiger charge is -2.37. The van der Waals surface area contributed by atoms with Gasteiger partial charge in [-0.25, -0.2) is 0 Å². The highest BCUT2D eigenvalue weighted by Gasteiger charge is 2.33. The van der Waals surface area contributed by atoms with E-state index in [4.69, 9.17) is 0 Å². The maximum atomic E-state index is 10.2. The monoisotopic (exact) mass is 184 g/mol. The zero-order valence-corrected chi connectivity index (χ0v) is 9.34. The van der Waals surface area contributed by atoms with Crippen molar-refractivity contribution in [2.45, 2.75) is 65.4 Å². The zero-order chi connectivity index (χ0) is 9.90. The summed E-state index contributed by atoms with van der Waals surface area (Å²) in [6.45, 7) is 6.55. The normalized spacial score (nSPS) is 23.1. The van der Waals surface area contributed by atoms with E-state index in [1.54, 1.807) is 0 Å². The van der Waals surface area contributed by atoms with Crippen molar-refractivity contribution in [3.05, 3.63) is 0 Å². The smallest absolute Gasteiger partial charge is 0.0619 e. The third kappa shape index (κ3) is 2.70. The van der Waals surface area contributed by atoms with Gasteiger partial charge in [-0.2, -0.15) is 0 Å². The molecule has 78 valence electrons. The molecule has 0 spiro atoms. The van der Waals surface area contributed by atoms with Crippen LogP contribution in [0, 0.1) is 11.3 Å². The minimum atomic E-state index is -0.0854. The van der Waals surface area contributed by atoms with Gasteiger partial charge in [0.05, 0.1) is 6.10 Å². The lowest BCUT2D eigenvalue weighted by Crippen LogP contribution is -2.36. The van der Waals surface area contributed by atoms with Gasteiger partial charge in [0.15, 0.2) is 0 Å². The predicted molar refractivity (Wildman–Crippen MR) is 56.7 cm³/mol. The van der Waals surface area contributed by atoms with Crippen LogP contribution in [0.3, 0.4) is 0 Å². The van der Waals surface area contributed by atoms with Crippen molar-refractivity contribution in [2.24, 2.45) is 11.3 Å². The molecule has 0 aliphatic heterocycles. The summed E-state index contributed by atoms with van der Waals surface area (Å²) >= 11 is 0. The Balaban J connectivity index is 2.49. The second kappa shape index (κ2) is 4.45. The minimum Gasteiger partial charge on any atom is -0.392 e. The van der Waals surface area contributed by atoms with Crippen LogP contribution >= 0.6 is 0 Å². The molecule has 1 N–H and O–H groups in total. The molecule has 0 aromatic rings. The molecule has 0 radical (unpaired) electrons. The molecular weight excluding hydrogens is 160 g/mol. The molecule has 0 aromatic heterocycles. The molecule has 0 saturated heterocycles. The Hall–Kier alpha value is -0.0400. The highest BCUT2D eigenvalue weighted by molar-refractivity contribution is 4.83. The summed E-state index contributed by atoms with van der Waals surface area (Å²) in [5.41, 5.74) is 0.113. The predicted octanol–water partition coefficient (Wildman–Crippen LogP) is 3.36. The van der Waals surface area contributed by atoms with E-state index in [0.717, 1.165) is 6.42 Å². The average molecular weight is 184 g/mol. The summed E-state index contributed by atoms with van der Waals surface area (Å²) < 4.78 is 0. The summed E-state index contributed by atoms with van der Waals surface area (Å²) in [6.07, 6.45) is 7.48. The number of rotatable bonds is 3. The SMILES string of the molecule is CCC(C)(C)C(O)C1CCCCC1. The molecule has 1 rings (SSSR count). The van der Waals surface area contributed by atoms with E-state index in [1.165, 1.54) is 32.1 Å². The average Bonchev–Trinajstić information content (AvgIpc) is 2.18. The van der Waals surface area contributed by atoms with Crippen molar-refractivity contribution in [3.8, 4) is 0 Å². The fourth-order valence-electron chi connectivity index (χ4n) is 2.30. The van der Waals surface area contributed by atoms with Gasteiger partial charge >= 0.3 is 0 Å². The van der Waals surface area contributed by atoms with Gasteiger partial charge in [0.2, 0.25) is 0 Å². The van der Waals surface area contributed by atoms with Gasteiger partial charge in [0.1, 0.15) is 0 Å². The van der Waals surface area contributed by atoms with Crippen LogP contribution in [0.25, 0.3) is 0 Å². The molecule has 1 aliphatic carbocycles. The number of hydrogen-bond acceptors (Lipinski definition) is 1. The van der Waals surface area contributed by atoms with Gasteiger partial charge < -0.3 is 5.11 Å². The van der Waals surface area contributed by atoms with E-state index in [9.17, 15) is 5.11 Å². The van der Waals surface area contributed by atoms with E-state index >= 15 is 0 Å². The van der Waals surface area contributed by atoms with Crippen LogP contribution in [0.2, 0.25) is 0 Å². The van der Waals surface area contributed by atoms with Crippen molar-refractivity contribution in [3.63, 3.8) is 0 Å². The first-order chi connectivity index (χ1) is 6.08. The highest BCUT2D eigenvalue weighted by atomic mass is 16.3. The number of aliphatic hydroxyl groups is 1. The van der Waals surface area contributed by atoms with Crippen LogP contribution in [-0.2, 0) is 0 Å². The molecule has 1 saturated carbocycles. The molecule has 1 fully saturated rings. The molecule has 13 heavy (non-hydrogen) atoms. The summed E-state index contributed by atoms with van der Waals surface area (Å²) in [7, 11) is 0. The summed E-state index contributed by atoms with van der Waals surface area (Å²) in [4.78, 5) is 0. The van der Waals surface area contributed by atoms with Crippen molar-refractivity contribution < 1.29 is 5.11 Å². The highest BCUT2D eigenvalue weighted by Crippen LogP contribution is 2.36. The molecule has 0 aromatic carbocycles. The number of hydrogen-bond donors (Lipinski definition) is 1. The van der Waals surface area contributed by atoms with Gasteiger partial charge in [-0.15, -0.1) is 0 Å².